The first-order valence-electron chi connectivity index (χ1n) is 6.68. The predicted octanol–water partition coefficient (Wildman–Crippen LogP) is 4.49. The van der Waals surface area contributed by atoms with E-state index in [-0.39, 0.29) is 17.9 Å². The largest absolute Gasteiger partial charge is 0.493 e. The van der Waals surface area contributed by atoms with Crippen LogP contribution in [0.2, 0.25) is 5.02 Å². The minimum atomic E-state index is -4.52. The Labute approximate surface area is 136 Å². The minimum Gasteiger partial charge on any atom is -0.493 e. The van der Waals surface area contributed by atoms with Gasteiger partial charge in [-0.3, -0.25) is 0 Å². The molecule has 0 amide bonds. The Hall–Kier alpha value is -1.92. The van der Waals surface area contributed by atoms with Crippen molar-refractivity contribution in [3.8, 4) is 11.5 Å². The van der Waals surface area contributed by atoms with E-state index in [0.29, 0.717) is 10.8 Å². The van der Waals surface area contributed by atoms with Gasteiger partial charge in [0.15, 0.2) is 11.5 Å². The molecule has 7 heteroatoms. The summed E-state index contributed by atoms with van der Waals surface area (Å²) in [5.41, 5.74) is 5.97. The summed E-state index contributed by atoms with van der Waals surface area (Å²) in [5, 5.41) is 0.608. The molecule has 0 aliphatic rings. The Balaban J connectivity index is 2.15. The van der Waals surface area contributed by atoms with E-state index in [9.17, 15) is 13.2 Å². The maximum Gasteiger partial charge on any atom is 0.407 e. The summed E-state index contributed by atoms with van der Waals surface area (Å²) in [6.45, 7) is 0.234. The summed E-state index contributed by atoms with van der Waals surface area (Å²) in [6, 6.07) is 8.89. The fourth-order valence-corrected chi connectivity index (χ4v) is 2.05. The van der Waals surface area contributed by atoms with Crippen LogP contribution in [-0.2, 0) is 6.61 Å². The molecule has 1 atom stereocenters. The average Bonchev–Trinajstić information content (AvgIpc) is 2.52. The van der Waals surface area contributed by atoms with Gasteiger partial charge in [0.05, 0.1) is 7.11 Å². The smallest absolute Gasteiger partial charge is 0.407 e. The van der Waals surface area contributed by atoms with Gasteiger partial charge in [-0.25, -0.2) is 0 Å². The number of halogens is 4. The molecule has 2 rings (SSSR count). The molecule has 0 radical (unpaired) electrons. The van der Waals surface area contributed by atoms with Crippen LogP contribution in [0.5, 0.6) is 11.5 Å². The van der Waals surface area contributed by atoms with Crippen molar-refractivity contribution in [2.45, 2.75) is 18.8 Å². The number of hydrogen-bond acceptors (Lipinski definition) is 3. The van der Waals surface area contributed by atoms with E-state index >= 15 is 0 Å². The molecule has 124 valence electrons. The Morgan fingerprint density at radius 3 is 2.30 bits per heavy atom. The Kier molecular flexibility index (Phi) is 5.38. The number of hydrogen-bond donors (Lipinski definition) is 1. The van der Waals surface area contributed by atoms with Crippen LogP contribution in [0, 0.1) is 0 Å². The molecule has 0 saturated heterocycles. The first kappa shape index (κ1) is 17.4. The summed E-state index contributed by atoms with van der Waals surface area (Å²) in [7, 11) is 1.35. The minimum absolute atomic E-state index is 0.0896. The van der Waals surface area contributed by atoms with Gasteiger partial charge >= 0.3 is 6.18 Å². The molecule has 0 spiro atoms. The van der Waals surface area contributed by atoms with E-state index in [2.05, 4.69) is 0 Å². The van der Waals surface area contributed by atoms with Crippen LogP contribution >= 0.6 is 11.6 Å². The topological polar surface area (TPSA) is 44.5 Å². The van der Waals surface area contributed by atoms with Crippen molar-refractivity contribution in [3.63, 3.8) is 0 Å². The van der Waals surface area contributed by atoms with Gasteiger partial charge in [-0.1, -0.05) is 29.8 Å². The lowest BCUT2D eigenvalue weighted by Crippen LogP contribution is -2.28. The SMILES string of the molecule is COc1cc([C@H](N)C(F)(F)F)ccc1OCc1ccc(Cl)cc1. The van der Waals surface area contributed by atoms with Gasteiger partial charge in [-0.2, -0.15) is 13.2 Å². The van der Waals surface area contributed by atoms with Crippen molar-refractivity contribution in [1.82, 2.24) is 0 Å². The lowest BCUT2D eigenvalue weighted by molar-refractivity contribution is -0.149. The molecular formula is C16H15ClF3NO2. The van der Waals surface area contributed by atoms with Gasteiger partial charge in [-0.05, 0) is 35.4 Å². The second-order valence-electron chi connectivity index (χ2n) is 4.84. The number of alkyl halides is 3. The van der Waals surface area contributed by atoms with Crippen LogP contribution in [-0.4, -0.2) is 13.3 Å². The van der Waals surface area contributed by atoms with Crippen molar-refractivity contribution in [3.05, 3.63) is 58.6 Å². The zero-order valence-corrected chi connectivity index (χ0v) is 13.0. The van der Waals surface area contributed by atoms with Gasteiger partial charge in [0.2, 0.25) is 0 Å². The van der Waals surface area contributed by atoms with E-state index in [1.807, 2.05) is 0 Å². The standard InChI is InChI=1S/C16H15ClF3NO2/c1-22-14-8-11(15(21)16(18,19)20)4-7-13(14)23-9-10-2-5-12(17)6-3-10/h2-8,15H,9,21H2,1H3/t15-/m0/s1. The van der Waals surface area contributed by atoms with Crippen LogP contribution in [0.3, 0.4) is 0 Å². The zero-order chi connectivity index (χ0) is 17.0. The number of nitrogens with two attached hydrogens (primary N) is 1. The summed E-state index contributed by atoms with van der Waals surface area (Å²) >= 11 is 5.80. The molecule has 2 aromatic carbocycles. The third kappa shape index (κ3) is 4.53. The second-order valence-corrected chi connectivity index (χ2v) is 5.28. The van der Waals surface area contributed by atoms with Crippen molar-refractivity contribution in [2.24, 2.45) is 5.73 Å². The highest BCUT2D eigenvalue weighted by Gasteiger charge is 2.38. The number of rotatable bonds is 5. The third-order valence-corrected chi connectivity index (χ3v) is 3.46. The Bertz CT molecular complexity index is 659. The quantitative estimate of drug-likeness (QED) is 0.868. The highest BCUT2D eigenvalue weighted by Crippen LogP contribution is 2.36. The summed E-state index contributed by atoms with van der Waals surface area (Å²) in [4.78, 5) is 0. The molecule has 0 aromatic heterocycles. The second kappa shape index (κ2) is 7.10. The molecule has 2 aromatic rings. The lowest BCUT2D eigenvalue weighted by atomic mass is 10.1. The van der Waals surface area contributed by atoms with Crippen LogP contribution < -0.4 is 15.2 Å². The van der Waals surface area contributed by atoms with Crippen molar-refractivity contribution in [1.29, 1.82) is 0 Å². The van der Waals surface area contributed by atoms with Crippen LogP contribution in [0.1, 0.15) is 17.2 Å². The number of ether oxygens (including phenoxy) is 2. The van der Waals surface area contributed by atoms with Gasteiger partial charge in [0.25, 0.3) is 0 Å². The average molecular weight is 346 g/mol. The molecule has 3 nitrogen and oxygen atoms in total. The number of benzene rings is 2. The van der Waals surface area contributed by atoms with Crippen molar-refractivity contribution >= 4 is 11.6 Å². The highest BCUT2D eigenvalue weighted by molar-refractivity contribution is 6.30. The molecule has 0 aliphatic heterocycles. The van der Waals surface area contributed by atoms with Crippen LogP contribution in [0.25, 0.3) is 0 Å². The van der Waals surface area contributed by atoms with E-state index in [4.69, 9.17) is 26.8 Å². The maximum atomic E-state index is 12.7. The van der Waals surface area contributed by atoms with Gasteiger partial charge < -0.3 is 15.2 Å². The molecular weight excluding hydrogens is 331 g/mol. The fourth-order valence-electron chi connectivity index (χ4n) is 1.93. The fraction of sp³-hybridized carbons (Fsp3) is 0.250. The number of methoxy groups -OCH3 is 1. The third-order valence-electron chi connectivity index (χ3n) is 3.21. The maximum absolute atomic E-state index is 12.7. The molecule has 0 fully saturated rings. The molecule has 0 aliphatic carbocycles. The first-order valence-corrected chi connectivity index (χ1v) is 7.06. The van der Waals surface area contributed by atoms with E-state index in [0.717, 1.165) is 5.56 Å². The Morgan fingerprint density at radius 1 is 1.09 bits per heavy atom. The normalized spacial score (nSPS) is 12.8. The molecule has 23 heavy (non-hydrogen) atoms. The van der Waals surface area contributed by atoms with Gasteiger partial charge in [-0.15, -0.1) is 0 Å². The van der Waals surface area contributed by atoms with E-state index in [1.165, 1.54) is 25.3 Å². The molecule has 0 heterocycles. The zero-order valence-electron chi connectivity index (χ0n) is 12.2. The monoisotopic (exact) mass is 345 g/mol. The highest BCUT2D eigenvalue weighted by atomic mass is 35.5. The van der Waals surface area contributed by atoms with Gasteiger partial charge in [0.1, 0.15) is 12.6 Å². The predicted molar refractivity (Wildman–Crippen MR) is 81.8 cm³/mol. The summed E-state index contributed by atoms with van der Waals surface area (Å²) < 4.78 is 48.7. The molecule has 0 unspecified atom stereocenters. The Morgan fingerprint density at radius 2 is 1.74 bits per heavy atom. The van der Waals surface area contributed by atoms with Crippen molar-refractivity contribution < 1.29 is 22.6 Å². The first-order chi connectivity index (χ1) is 10.8. The molecule has 0 bridgehead atoms. The summed E-state index contributed by atoms with van der Waals surface area (Å²) in [5.74, 6) is 0.525. The molecule has 0 saturated carbocycles. The van der Waals surface area contributed by atoms with E-state index < -0.39 is 12.2 Å². The van der Waals surface area contributed by atoms with Gasteiger partial charge in [0, 0.05) is 5.02 Å². The van der Waals surface area contributed by atoms with Crippen molar-refractivity contribution in [2.75, 3.05) is 7.11 Å². The van der Waals surface area contributed by atoms with Crippen LogP contribution in [0.4, 0.5) is 13.2 Å². The van der Waals surface area contributed by atoms with E-state index in [1.54, 1.807) is 24.3 Å². The molecule has 2 N–H and O–H groups in total. The summed E-state index contributed by atoms with van der Waals surface area (Å²) in [6.07, 6.45) is -4.52. The lowest BCUT2D eigenvalue weighted by Gasteiger charge is -2.18. The van der Waals surface area contributed by atoms with Crippen LogP contribution in [0.15, 0.2) is 42.5 Å².